The van der Waals surface area contributed by atoms with E-state index >= 15 is 0 Å². The second kappa shape index (κ2) is 10.1. The van der Waals surface area contributed by atoms with Crippen LogP contribution in [0.4, 0.5) is 0 Å². The Balaban J connectivity index is 1.31. The summed E-state index contributed by atoms with van der Waals surface area (Å²) < 4.78 is 41.7. The van der Waals surface area contributed by atoms with Crippen LogP contribution in [0.5, 0.6) is 5.75 Å². The van der Waals surface area contributed by atoms with E-state index in [0.717, 1.165) is 42.0 Å². The molecule has 0 aliphatic heterocycles. The van der Waals surface area contributed by atoms with Gasteiger partial charge in [0.25, 0.3) is 10.0 Å². The van der Waals surface area contributed by atoms with Crippen LogP contribution in [0, 0.1) is 12.8 Å². The fraction of sp³-hybridized carbons (Fsp3) is 0.345. The van der Waals surface area contributed by atoms with E-state index < -0.39 is 10.0 Å². The zero-order chi connectivity index (χ0) is 27.1. The molecule has 0 spiro atoms. The summed E-state index contributed by atoms with van der Waals surface area (Å²) in [7, 11) is -2.16. The van der Waals surface area contributed by atoms with Crippen molar-refractivity contribution in [3.8, 4) is 5.75 Å². The van der Waals surface area contributed by atoms with E-state index in [1.54, 1.807) is 49.8 Å². The lowest BCUT2D eigenvalue weighted by atomic mass is 9.93. The number of rotatable bonds is 8. The van der Waals surface area contributed by atoms with Crippen LogP contribution >= 0.6 is 0 Å². The Morgan fingerprint density at radius 1 is 1.00 bits per heavy atom. The van der Waals surface area contributed by atoms with Crippen LogP contribution in [0.15, 0.2) is 71.9 Å². The summed E-state index contributed by atoms with van der Waals surface area (Å²) in [6, 6.07) is 16.5. The summed E-state index contributed by atoms with van der Waals surface area (Å²) >= 11 is 0. The number of ether oxygens (including phenoxy) is 2. The highest BCUT2D eigenvalue weighted by atomic mass is 32.2. The van der Waals surface area contributed by atoms with Crippen LogP contribution in [0.2, 0.25) is 0 Å². The zero-order valence-corrected chi connectivity index (χ0v) is 23.0. The van der Waals surface area contributed by atoms with E-state index in [2.05, 4.69) is 22.1 Å². The lowest BCUT2D eigenvalue weighted by Crippen LogP contribution is -2.13. The van der Waals surface area contributed by atoms with Crippen LogP contribution in [0.3, 0.4) is 0 Å². The molecule has 10 heteroatoms. The van der Waals surface area contributed by atoms with Gasteiger partial charge >= 0.3 is 0 Å². The van der Waals surface area contributed by atoms with E-state index in [1.165, 1.54) is 3.97 Å². The Morgan fingerprint density at radius 3 is 2.49 bits per heavy atom. The minimum absolute atomic E-state index is 0.0956. The third kappa shape index (κ3) is 4.57. The second-order valence-corrected chi connectivity index (χ2v) is 12.0. The molecule has 0 amide bonds. The minimum Gasteiger partial charge on any atom is -0.497 e. The zero-order valence-electron chi connectivity index (χ0n) is 22.2. The van der Waals surface area contributed by atoms with Gasteiger partial charge in [0, 0.05) is 12.1 Å². The molecule has 6 rings (SSSR count). The van der Waals surface area contributed by atoms with Gasteiger partial charge in [0.1, 0.15) is 11.6 Å². The van der Waals surface area contributed by atoms with Gasteiger partial charge in [-0.25, -0.2) is 17.4 Å². The predicted molar refractivity (Wildman–Crippen MR) is 147 cm³/mol. The van der Waals surface area contributed by atoms with Crippen LogP contribution in [-0.4, -0.2) is 45.2 Å². The number of fused-ring (bicyclic) bond motifs is 3. The number of methoxy groups -OCH3 is 1. The summed E-state index contributed by atoms with van der Waals surface area (Å²) in [6.45, 7) is 4.65. The van der Waals surface area contributed by atoms with Gasteiger partial charge in [-0.3, -0.25) is 4.40 Å². The molecule has 1 aliphatic carbocycles. The molecule has 1 saturated carbocycles. The van der Waals surface area contributed by atoms with Gasteiger partial charge in [0.2, 0.25) is 0 Å². The molecule has 0 saturated heterocycles. The molecule has 0 bridgehead atoms. The molecule has 5 aromatic rings. The lowest BCUT2D eigenvalue weighted by molar-refractivity contribution is 0.0422. The highest BCUT2D eigenvalue weighted by Crippen LogP contribution is 2.43. The highest BCUT2D eigenvalue weighted by Gasteiger charge is 2.38. The molecule has 2 aromatic carbocycles. The van der Waals surface area contributed by atoms with Crippen molar-refractivity contribution in [3.63, 3.8) is 0 Å². The Hall–Kier alpha value is -3.76. The number of hydrogen-bond acceptors (Lipinski definition) is 7. The number of hydrogen-bond donors (Lipinski definition) is 0. The monoisotopic (exact) mass is 545 g/mol. The van der Waals surface area contributed by atoms with Gasteiger partial charge in [-0.15, -0.1) is 10.2 Å². The molecule has 1 fully saturated rings. The average molecular weight is 546 g/mol. The van der Waals surface area contributed by atoms with Crippen molar-refractivity contribution in [1.29, 1.82) is 0 Å². The fourth-order valence-electron chi connectivity index (χ4n) is 5.62. The SMILES string of the molecule is CC[C@@H]1C[C@H](OCc2ccc(OC)cc2)C[C@H]1c1nnc2cnc3c(ccn3S(=O)(=O)c3ccc(C)cc3)n12. The molecule has 9 nitrogen and oxygen atoms in total. The molecule has 0 unspecified atom stereocenters. The molecule has 202 valence electrons. The smallest absolute Gasteiger partial charge is 0.269 e. The maximum Gasteiger partial charge on any atom is 0.269 e. The quantitative estimate of drug-likeness (QED) is 0.267. The summed E-state index contributed by atoms with van der Waals surface area (Å²) in [5, 5.41) is 8.98. The molecule has 0 radical (unpaired) electrons. The van der Waals surface area contributed by atoms with Gasteiger partial charge in [-0.1, -0.05) is 43.2 Å². The summed E-state index contributed by atoms with van der Waals surface area (Å²) in [5.74, 6) is 2.16. The number of benzene rings is 2. The van der Waals surface area contributed by atoms with Crippen molar-refractivity contribution in [2.24, 2.45) is 5.92 Å². The maximum absolute atomic E-state index is 13.5. The van der Waals surface area contributed by atoms with Crippen LogP contribution in [-0.2, 0) is 21.4 Å². The molecule has 3 aromatic heterocycles. The van der Waals surface area contributed by atoms with E-state index in [1.807, 2.05) is 35.6 Å². The third-order valence-electron chi connectivity index (χ3n) is 7.79. The largest absolute Gasteiger partial charge is 0.497 e. The van der Waals surface area contributed by atoms with Gasteiger partial charge in [0.15, 0.2) is 11.3 Å². The number of aromatic nitrogens is 5. The summed E-state index contributed by atoms with van der Waals surface area (Å²) in [6.07, 6.45) is 5.98. The van der Waals surface area contributed by atoms with E-state index in [9.17, 15) is 8.42 Å². The third-order valence-corrected chi connectivity index (χ3v) is 9.47. The topological polar surface area (TPSA) is 101 Å². The molecular formula is C29H31N5O4S. The van der Waals surface area contributed by atoms with Crippen LogP contribution < -0.4 is 4.74 Å². The Bertz CT molecular complexity index is 1730. The first kappa shape index (κ1) is 25.5. The maximum atomic E-state index is 13.5. The molecular weight excluding hydrogens is 514 g/mol. The second-order valence-electron chi connectivity index (χ2n) is 10.2. The summed E-state index contributed by atoms with van der Waals surface area (Å²) in [4.78, 5) is 4.69. The normalized spacial score (nSPS) is 19.7. The highest BCUT2D eigenvalue weighted by molar-refractivity contribution is 7.90. The van der Waals surface area contributed by atoms with E-state index in [4.69, 9.17) is 9.47 Å². The first-order valence-electron chi connectivity index (χ1n) is 13.2. The number of aryl methyl sites for hydroxylation is 1. The van der Waals surface area contributed by atoms with Crippen molar-refractivity contribution < 1.29 is 17.9 Å². The average Bonchev–Trinajstić information content (AvgIpc) is 3.68. The Morgan fingerprint density at radius 2 is 1.77 bits per heavy atom. The minimum atomic E-state index is -3.81. The molecule has 1 aliphatic rings. The predicted octanol–water partition coefficient (Wildman–Crippen LogP) is 5.12. The van der Waals surface area contributed by atoms with Gasteiger partial charge in [-0.05, 0) is 61.6 Å². The van der Waals surface area contributed by atoms with E-state index in [0.29, 0.717) is 29.3 Å². The van der Waals surface area contributed by atoms with E-state index in [-0.39, 0.29) is 16.9 Å². The Kier molecular flexibility index (Phi) is 6.60. The molecule has 3 atom stereocenters. The van der Waals surface area contributed by atoms with Crippen molar-refractivity contribution >= 4 is 26.8 Å². The van der Waals surface area contributed by atoms with Crippen molar-refractivity contribution in [2.75, 3.05) is 7.11 Å². The van der Waals surface area contributed by atoms with Crippen molar-refractivity contribution in [3.05, 3.63) is 83.9 Å². The molecule has 3 heterocycles. The van der Waals surface area contributed by atoms with Crippen LogP contribution in [0.25, 0.3) is 16.8 Å². The molecule has 39 heavy (non-hydrogen) atoms. The first-order valence-corrected chi connectivity index (χ1v) is 14.6. The Labute approximate surface area is 227 Å². The summed E-state index contributed by atoms with van der Waals surface area (Å²) in [5.41, 5.74) is 3.71. The van der Waals surface area contributed by atoms with Crippen molar-refractivity contribution in [2.45, 2.75) is 56.6 Å². The van der Waals surface area contributed by atoms with Gasteiger partial charge in [0.05, 0.1) is 36.4 Å². The lowest BCUT2D eigenvalue weighted by Gasteiger charge is -2.16. The van der Waals surface area contributed by atoms with Gasteiger partial charge in [-0.2, -0.15) is 0 Å². The first-order chi connectivity index (χ1) is 18.9. The van der Waals surface area contributed by atoms with Crippen LogP contribution in [0.1, 0.15) is 49.1 Å². The standard InChI is InChI=1S/C29H31N5O4S/c1-4-21-15-23(38-18-20-7-9-22(37-3)10-8-20)16-25(21)28-32-31-27-17-30-29-26(34(27)28)13-14-33(29)39(35,36)24-11-5-19(2)6-12-24/h5-14,17,21,23,25H,4,15-16,18H2,1-3H3/t21-,23+,25-/m1/s1. The number of nitrogens with zero attached hydrogens (tertiary/aromatic N) is 5. The van der Waals surface area contributed by atoms with Gasteiger partial charge < -0.3 is 9.47 Å². The van der Waals surface area contributed by atoms with Crippen molar-refractivity contribution in [1.82, 2.24) is 23.6 Å². The fourth-order valence-corrected chi connectivity index (χ4v) is 6.92. The molecule has 0 N–H and O–H groups in total.